The second kappa shape index (κ2) is 12.5. The third kappa shape index (κ3) is 6.89. The Balaban J connectivity index is 1.72. The van der Waals surface area contributed by atoms with Gasteiger partial charge in [0.25, 0.3) is 0 Å². The first-order chi connectivity index (χ1) is 19.8. The number of halogens is 6. The molecule has 0 aliphatic rings. The molecule has 1 amide bonds. The van der Waals surface area contributed by atoms with Crippen molar-refractivity contribution in [1.82, 2.24) is 34.7 Å². The SMILES string of the molecule is COC(=O)N(C)CC(=O)c1cc(Cl)cc(Cl)c1CC(=O)c1cc(Cn2cc(C(F)(F)F)nn2)nn1-c1ncccc1Cl. The average Bonchev–Trinajstić information content (AvgIpc) is 3.57. The molecular weight excluding hydrogens is 626 g/mol. The van der Waals surface area contributed by atoms with E-state index in [1.165, 1.54) is 37.5 Å². The van der Waals surface area contributed by atoms with Gasteiger partial charge in [-0.05, 0) is 35.9 Å². The molecule has 0 saturated heterocycles. The number of Topliss-reactive ketones (excluding diaryl/α,β-unsaturated/α-hetero) is 2. The van der Waals surface area contributed by atoms with Gasteiger partial charge >= 0.3 is 12.3 Å². The first-order valence-corrected chi connectivity index (χ1v) is 12.9. The summed E-state index contributed by atoms with van der Waals surface area (Å²) in [6.45, 7) is -0.667. The van der Waals surface area contributed by atoms with Gasteiger partial charge in [-0.25, -0.2) is 19.1 Å². The lowest BCUT2D eigenvalue weighted by atomic mass is 9.97. The van der Waals surface area contributed by atoms with Crippen LogP contribution in [0.4, 0.5) is 18.0 Å². The Kier molecular flexibility index (Phi) is 9.18. The predicted molar refractivity (Wildman–Crippen MR) is 144 cm³/mol. The van der Waals surface area contributed by atoms with Gasteiger partial charge < -0.3 is 9.64 Å². The molecule has 0 aliphatic carbocycles. The number of benzene rings is 1. The molecule has 0 atom stereocenters. The van der Waals surface area contributed by atoms with Crippen molar-refractivity contribution in [2.75, 3.05) is 20.7 Å². The molecule has 17 heteroatoms. The highest BCUT2D eigenvalue weighted by Gasteiger charge is 2.34. The molecular formula is C25H19Cl3F3N7O4. The fourth-order valence-corrected chi connectivity index (χ4v) is 4.64. The van der Waals surface area contributed by atoms with Gasteiger partial charge in [0.15, 0.2) is 23.1 Å². The summed E-state index contributed by atoms with van der Waals surface area (Å²) in [5.74, 6) is -1.09. The Labute approximate surface area is 250 Å². The fraction of sp³-hybridized carbons (Fsp3) is 0.240. The van der Waals surface area contributed by atoms with Crippen LogP contribution in [0.2, 0.25) is 15.1 Å². The number of ketones is 2. The maximum atomic E-state index is 13.7. The minimum absolute atomic E-state index is 0.000978. The molecule has 3 aromatic heterocycles. The number of carbonyl (C=O) groups is 3. The highest BCUT2D eigenvalue weighted by molar-refractivity contribution is 6.36. The molecule has 11 nitrogen and oxygen atoms in total. The number of pyridine rings is 1. The number of nitrogens with zero attached hydrogens (tertiary/aromatic N) is 7. The van der Waals surface area contributed by atoms with Gasteiger partial charge in [-0.3, -0.25) is 9.59 Å². The summed E-state index contributed by atoms with van der Waals surface area (Å²) in [4.78, 5) is 43.8. The van der Waals surface area contributed by atoms with Crippen LogP contribution in [-0.4, -0.2) is 73.0 Å². The third-order valence-corrected chi connectivity index (χ3v) is 6.65. The minimum atomic E-state index is -4.70. The highest BCUT2D eigenvalue weighted by atomic mass is 35.5. The van der Waals surface area contributed by atoms with Crippen molar-refractivity contribution in [3.05, 3.63) is 86.0 Å². The number of methoxy groups -OCH3 is 1. The quantitative estimate of drug-likeness (QED) is 0.228. The molecule has 0 unspecified atom stereocenters. The zero-order valence-corrected chi connectivity index (χ0v) is 24.0. The summed E-state index contributed by atoms with van der Waals surface area (Å²) < 4.78 is 45.6. The van der Waals surface area contributed by atoms with Gasteiger partial charge in [0.2, 0.25) is 0 Å². The summed E-state index contributed by atoms with van der Waals surface area (Å²) >= 11 is 18.8. The van der Waals surface area contributed by atoms with E-state index in [1.54, 1.807) is 6.07 Å². The van der Waals surface area contributed by atoms with Crippen LogP contribution in [0, 0.1) is 0 Å². The minimum Gasteiger partial charge on any atom is -0.453 e. The van der Waals surface area contributed by atoms with Gasteiger partial charge in [-0.15, -0.1) is 5.10 Å². The van der Waals surface area contributed by atoms with E-state index in [-0.39, 0.29) is 49.9 Å². The molecule has 4 rings (SSSR count). The third-order valence-electron chi connectivity index (χ3n) is 5.80. The van der Waals surface area contributed by atoms with Gasteiger partial charge in [0.05, 0.1) is 37.1 Å². The monoisotopic (exact) mass is 643 g/mol. The van der Waals surface area contributed by atoms with E-state index in [2.05, 4.69) is 25.1 Å². The highest BCUT2D eigenvalue weighted by Crippen LogP contribution is 2.29. The van der Waals surface area contributed by atoms with Gasteiger partial charge in [0.1, 0.15) is 5.69 Å². The summed E-state index contributed by atoms with van der Waals surface area (Å²) in [5.41, 5.74) is -0.990. The summed E-state index contributed by atoms with van der Waals surface area (Å²) in [7, 11) is 2.51. The van der Waals surface area contributed by atoms with Crippen molar-refractivity contribution in [1.29, 1.82) is 0 Å². The second-order valence-corrected chi connectivity index (χ2v) is 10.1. The molecule has 1 aromatic carbocycles. The maximum absolute atomic E-state index is 13.7. The Morgan fingerprint density at radius 3 is 2.45 bits per heavy atom. The molecule has 0 spiro atoms. The standard InChI is InChI=1S/C25H19Cl3F3N7O4/c1-36(24(41)42-2)11-21(40)16-6-13(26)7-18(28)15(16)9-20(39)19-8-14(10-37-12-22(33-35-37)25(29,30)31)34-38(19)23-17(27)4-3-5-32-23/h3-8,12H,9-11H2,1-2H3. The molecule has 220 valence electrons. The van der Waals surface area contributed by atoms with Gasteiger partial charge in [-0.1, -0.05) is 40.0 Å². The number of ether oxygens (including phenoxy) is 1. The van der Waals surface area contributed by atoms with Crippen LogP contribution >= 0.6 is 34.8 Å². The number of carbonyl (C=O) groups excluding carboxylic acids is 3. The lowest BCUT2D eigenvalue weighted by Gasteiger charge is -2.17. The molecule has 42 heavy (non-hydrogen) atoms. The van der Waals surface area contributed by atoms with Gasteiger partial charge in [-0.2, -0.15) is 18.3 Å². The van der Waals surface area contributed by atoms with Gasteiger partial charge in [0, 0.05) is 35.3 Å². The molecule has 0 bridgehead atoms. The largest absolute Gasteiger partial charge is 0.453 e. The topological polar surface area (TPSA) is 125 Å². The van der Waals surface area contributed by atoms with E-state index in [1.807, 2.05) is 0 Å². The first-order valence-electron chi connectivity index (χ1n) is 11.8. The number of alkyl halides is 3. The first kappa shape index (κ1) is 30.9. The molecule has 0 fully saturated rings. The van der Waals surface area contributed by atoms with Crippen molar-refractivity contribution in [2.45, 2.75) is 19.1 Å². The fourth-order valence-electron chi connectivity index (χ4n) is 3.88. The van der Waals surface area contributed by atoms with Crippen LogP contribution in [0.25, 0.3) is 5.82 Å². The number of hydrogen-bond acceptors (Lipinski definition) is 8. The Bertz CT molecular complexity index is 1670. The Hall–Kier alpha value is -4.01. The zero-order chi connectivity index (χ0) is 30.8. The van der Waals surface area contributed by atoms with Crippen molar-refractivity contribution in [2.24, 2.45) is 0 Å². The summed E-state index contributed by atoms with van der Waals surface area (Å²) in [6.07, 6.45) is -3.76. The number of likely N-dealkylation sites (N-methyl/N-ethyl adjacent to an activating group) is 1. The van der Waals surface area contributed by atoms with Crippen molar-refractivity contribution in [3.8, 4) is 5.82 Å². The number of amides is 1. The molecule has 0 N–H and O–H groups in total. The van der Waals surface area contributed by atoms with Crippen LogP contribution in [-0.2, 0) is 23.9 Å². The van der Waals surface area contributed by atoms with Crippen molar-refractivity contribution in [3.63, 3.8) is 0 Å². The normalized spacial score (nSPS) is 11.4. The van der Waals surface area contributed by atoms with E-state index >= 15 is 0 Å². The molecule has 0 radical (unpaired) electrons. The average molecular weight is 645 g/mol. The zero-order valence-electron chi connectivity index (χ0n) is 21.7. The second-order valence-electron chi connectivity index (χ2n) is 8.80. The van der Waals surface area contributed by atoms with Crippen LogP contribution < -0.4 is 0 Å². The van der Waals surface area contributed by atoms with Crippen LogP contribution in [0.15, 0.2) is 42.7 Å². The van der Waals surface area contributed by atoms with Crippen LogP contribution in [0.1, 0.15) is 37.8 Å². The Morgan fingerprint density at radius 1 is 1.07 bits per heavy atom. The summed E-state index contributed by atoms with van der Waals surface area (Å²) in [6, 6.07) is 7.08. The smallest absolute Gasteiger partial charge is 0.436 e. The number of hydrogen-bond donors (Lipinski definition) is 0. The van der Waals surface area contributed by atoms with E-state index in [0.717, 1.165) is 21.4 Å². The summed E-state index contributed by atoms with van der Waals surface area (Å²) in [5, 5.41) is 11.2. The number of aromatic nitrogens is 6. The predicted octanol–water partition coefficient (Wildman–Crippen LogP) is 5.19. The lowest BCUT2D eigenvalue weighted by Crippen LogP contribution is -2.32. The molecule has 0 aliphatic heterocycles. The van der Waals surface area contributed by atoms with E-state index in [9.17, 15) is 27.6 Å². The lowest BCUT2D eigenvalue weighted by molar-refractivity contribution is -0.141. The van der Waals surface area contributed by atoms with Crippen molar-refractivity contribution >= 4 is 52.5 Å². The van der Waals surface area contributed by atoms with Crippen molar-refractivity contribution < 1.29 is 32.3 Å². The number of rotatable bonds is 9. The van der Waals surface area contributed by atoms with E-state index in [0.29, 0.717) is 6.20 Å². The molecule has 0 saturated carbocycles. The van der Waals surface area contributed by atoms with E-state index < -0.39 is 42.5 Å². The van der Waals surface area contributed by atoms with Crippen LogP contribution in [0.3, 0.4) is 0 Å². The maximum Gasteiger partial charge on any atom is 0.436 e. The molecule has 4 aromatic rings. The molecule has 3 heterocycles. The Morgan fingerprint density at radius 2 is 1.81 bits per heavy atom. The van der Waals surface area contributed by atoms with E-state index in [4.69, 9.17) is 34.8 Å². The van der Waals surface area contributed by atoms with Crippen LogP contribution in [0.5, 0.6) is 0 Å².